The molecule has 15 atom stereocenters. The maximum atomic E-state index is 13.4. The zero-order valence-corrected chi connectivity index (χ0v) is 31.6. The molecule has 2 heterocycles. The molecule has 2 fully saturated rings. The summed E-state index contributed by atoms with van der Waals surface area (Å²) in [6, 6.07) is 0.189. The number of hydrogen-bond acceptors (Lipinski definition) is 12. The van der Waals surface area contributed by atoms with E-state index in [0.717, 1.165) is 6.42 Å². The van der Waals surface area contributed by atoms with Gasteiger partial charge in [0.2, 0.25) is 0 Å². The molecular weight excluding hydrogens is 622 g/mol. The van der Waals surface area contributed by atoms with E-state index in [-0.39, 0.29) is 37.4 Å². The van der Waals surface area contributed by atoms with E-state index in [4.69, 9.17) is 28.4 Å². The van der Waals surface area contributed by atoms with Crippen LogP contribution in [0.3, 0.4) is 0 Å². The van der Waals surface area contributed by atoms with Gasteiger partial charge in [0.05, 0.1) is 54.7 Å². The van der Waals surface area contributed by atoms with Crippen LogP contribution in [0.2, 0.25) is 0 Å². The van der Waals surface area contributed by atoms with Crippen molar-refractivity contribution in [3.05, 3.63) is 0 Å². The average Bonchev–Trinajstić information content (AvgIpc) is 3.05. The van der Waals surface area contributed by atoms with E-state index in [0.29, 0.717) is 19.3 Å². The predicted molar refractivity (Wildman–Crippen MR) is 181 cm³/mol. The van der Waals surface area contributed by atoms with Gasteiger partial charge in [-0.3, -0.25) is 9.59 Å². The topological polar surface area (TPSA) is 153 Å². The first kappa shape index (κ1) is 42.9. The molecule has 2 saturated heterocycles. The van der Waals surface area contributed by atoms with E-state index in [9.17, 15) is 24.9 Å². The molecule has 5 unspecified atom stereocenters. The summed E-state index contributed by atoms with van der Waals surface area (Å²) < 4.78 is 36.8. The van der Waals surface area contributed by atoms with Gasteiger partial charge in [-0.2, -0.15) is 0 Å². The number of rotatable bonds is 19. The third kappa shape index (κ3) is 11.4. The molecule has 12 nitrogen and oxygen atoms in total. The Morgan fingerprint density at radius 3 is 2.12 bits per heavy atom. The SMILES string of the molecule is CCCOC(=O)C(C)[C@@H](O[C@H]1C[C@@](C)(OC)[C@@H](O)C(C)O1)C(C)[C@@H](OC1CC(N(C)C)C[C@@H](C)O1)[C@H](O)C[C@@H](C)C(=O)[C@H](C)[C@@H](O)CC. The van der Waals surface area contributed by atoms with Gasteiger partial charge in [-0.25, -0.2) is 0 Å². The third-order valence-corrected chi connectivity index (χ3v) is 10.5. The lowest BCUT2D eigenvalue weighted by atomic mass is 9.81. The number of esters is 1. The first-order valence-electron chi connectivity index (χ1n) is 18.0. The Morgan fingerprint density at radius 1 is 0.938 bits per heavy atom. The molecule has 0 amide bonds. The molecule has 0 bridgehead atoms. The van der Waals surface area contributed by atoms with Crippen LogP contribution in [0.4, 0.5) is 0 Å². The number of ether oxygens (including phenoxy) is 6. The standard InChI is InChI=1S/C36H67NO11/c1-13-15-44-35(42)24(7)32(48-30-19-36(9,43-12)34(41)25(8)46-30)23(6)33(47-29-18-26(37(10)11)17-21(4)45-29)28(39)16-20(3)31(40)22(5)27(38)14-2/h20-30,32-34,38-39,41H,13-19H2,1-12H3/t20-,21-,22-,23?,24?,25?,26?,27+,28-,29?,30+,32+,33-,34+,36-/m1/s1. The van der Waals surface area contributed by atoms with Gasteiger partial charge in [0.25, 0.3) is 0 Å². The molecule has 2 aliphatic rings. The summed E-state index contributed by atoms with van der Waals surface area (Å²) in [4.78, 5) is 28.8. The van der Waals surface area contributed by atoms with Crippen molar-refractivity contribution in [1.29, 1.82) is 0 Å². The van der Waals surface area contributed by atoms with E-state index in [1.165, 1.54) is 7.11 Å². The molecule has 0 saturated carbocycles. The van der Waals surface area contributed by atoms with E-state index in [1.54, 1.807) is 34.6 Å². The maximum absolute atomic E-state index is 13.4. The summed E-state index contributed by atoms with van der Waals surface area (Å²) >= 11 is 0. The first-order valence-corrected chi connectivity index (χ1v) is 18.0. The molecule has 2 aliphatic heterocycles. The van der Waals surface area contributed by atoms with Crippen LogP contribution >= 0.6 is 0 Å². The molecular formula is C36H67NO11. The second-order valence-corrected chi connectivity index (χ2v) is 14.8. The smallest absolute Gasteiger partial charge is 0.311 e. The highest BCUT2D eigenvalue weighted by atomic mass is 16.7. The molecule has 48 heavy (non-hydrogen) atoms. The van der Waals surface area contributed by atoms with Crippen molar-refractivity contribution >= 4 is 11.8 Å². The minimum Gasteiger partial charge on any atom is -0.465 e. The minimum atomic E-state index is -1.15. The van der Waals surface area contributed by atoms with Crippen molar-refractivity contribution in [3.8, 4) is 0 Å². The van der Waals surface area contributed by atoms with Gasteiger partial charge in [-0.1, -0.05) is 34.6 Å². The van der Waals surface area contributed by atoms with Crippen LogP contribution in [0.25, 0.3) is 0 Å². The average molecular weight is 690 g/mol. The molecule has 0 aliphatic carbocycles. The first-order chi connectivity index (χ1) is 22.4. The van der Waals surface area contributed by atoms with Gasteiger partial charge in [-0.05, 0) is 67.5 Å². The van der Waals surface area contributed by atoms with Gasteiger partial charge < -0.3 is 48.6 Å². The summed E-state index contributed by atoms with van der Waals surface area (Å²) in [5, 5.41) is 33.1. The lowest BCUT2D eigenvalue weighted by Gasteiger charge is -2.46. The minimum absolute atomic E-state index is 0.0697. The molecule has 0 radical (unpaired) electrons. The van der Waals surface area contributed by atoms with Crippen molar-refractivity contribution in [3.63, 3.8) is 0 Å². The number of aliphatic hydroxyl groups is 3. The quantitative estimate of drug-likeness (QED) is 0.170. The van der Waals surface area contributed by atoms with Gasteiger partial charge >= 0.3 is 5.97 Å². The molecule has 0 aromatic rings. The highest BCUT2D eigenvalue weighted by Gasteiger charge is 2.48. The van der Waals surface area contributed by atoms with Crippen LogP contribution in [-0.4, -0.2) is 127 Å². The lowest BCUT2D eigenvalue weighted by Crippen LogP contribution is -2.58. The van der Waals surface area contributed by atoms with Gasteiger partial charge in [0.15, 0.2) is 12.6 Å². The number of hydrogen-bond donors (Lipinski definition) is 3. The predicted octanol–water partition coefficient (Wildman–Crippen LogP) is 3.70. The second kappa shape index (κ2) is 19.4. The maximum Gasteiger partial charge on any atom is 0.311 e. The number of aliphatic hydroxyl groups excluding tert-OH is 3. The second-order valence-electron chi connectivity index (χ2n) is 14.8. The van der Waals surface area contributed by atoms with Gasteiger partial charge in [-0.15, -0.1) is 0 Å². The number of Topliss-reactive ketones (excluding diaryl/α,β-unsaturated/α-hetero) is 1. The van der Waals surface area contributed by atoms with Crippen LogP contribution in [0, 0.1) is 23.7 Å². The zero-order chi connectivity index (χ0) is 36.5. The molecule has 282 valence electrons. The molecule has 0 spiro atoms. The number of ketones is 1. The van der Waals surface area contributed by atoms with Crippen LogP contribution < -0.4 is 0 Å². The van der Waals surface area contributed by atoms with Crippen LogP contribution in [0.15, 0.2) is 0 Å². The van der Waals surface area contributed by atoms with Crippen LogP contribution in [-0.2, 0) is 38.0 Å². The Hall–Kier alpha value is -1.22. The van der Waals surface area contributed by atoms with Crippen LogP contribution in [0.5, 0.6) is 0 Å². The van der Waals surface area contributed by atoms with Gasteiger partial charge in [0.1, 0.15) is 11.9 Å². The van der Waals surface area contributed by atoms with E-state index < -0.39 is 84.4 Å². The monoisotopic (exact) mass is 689 g/mol. The van der Waals surface area contributed by atoms with Crippen LogP contribution in [0.1, 0.15) is 101 Å². The molecule has 0 aromatic heterocycles. The fraction of sp³-hybridized carbons (Fsp3) is 0.944. The summed E-state index contributed by atoms with van der Waals surface area (Å²) in [7, 11) is 5.55. The third-order valence-electron chi connectivity index (χ3n) is 10.5. The number of methoxy groups -OCH3 is 1. The van der Waals surface area contributed by atoms with Crippen molar-refractivity contribution in [1.82, 2.24) is 4.90 Å². The van der Waals surface area contributed by atoms with E-state index in [2.05, 4.69) is 4.90 Å². The molecule has 12 heteroatoms. The number of nitrogens with zero attached hydrogens (tertiary/aromatic N) is 1. The van der Waals surface area contributed by atoms with Crippen molar-refractivity contribution in [2.45, 2.75) is 168 Å². The van der Waals surface area contributed by atoms with E-state index in [1.807, 2.05) is 41.8 Å². The molecule has 3 N–H and O–H groups in total. The highest BCUT2D eigenvalue weighted by Crippen LogP contribution is 2.37. The Labute approximate surface area is 289 Å². The van der Waals surface area contributed by atoms with Crippen molar-refractivity contribution in [2.24, 2.45) is 23.7 Å². The number of carbonyl (C=O) groups is 2. The fourth-order valence-corrected chi connectivity index (χ4v) is 7.05. The summed E-state index contributed by atoms with van der Waals surface area (Å²) in [5.74, 6) is -3.17. The highest BCUT2D eigenvalue weighted by molar-refractivity contribution is 5.83. The van der Waals surface area contributed by atoms with Crippen molar-refractivity contribution < 1.29 is 53.3 Å². The molecule has 0 aromatic carbocycles. The fourth-order valence-electron chi connectivity index (χ4n) is 7.05. The Balaban J connectivity index is 2.50. The Kier molecular flexibility index (Phi) is 17.4. The van der Waals surface area contributed by atoms with Gasteiger partial charge in [0, 0.05) is 43.7 Å². The normalized spacial score (nSPS) is 33.2. The zero-order valence-electron chi connectivity index (χ0n) is 31.6. The van der Waals surface area contributed by atoms with Crippen molar-refractivity contribution in [2.75, 3.05) is 27.8 Å². The summed E-state index contributed by atoms with van der Waals surface area (Å²) in [5.41, 5.74) is -0.958. The molecule has 2 rings (SSSR count). The Bertz CT molecular complexity index is 984. The largest absolute Gasteiger partial charge is 0.465 e. The summed E-state index contributed by atoms with van der Waals surface area (Å²) in [6.45, 7) is 16.5. The summed E-state index contributed by atoms with van der Waals surface area (Å²) in [6.07, 6.45) is -4.06. The lowest BCUT2D eigenvalue weighted by molar-refractivity contribution is -0.304. The Morgan fingerprint density at radius 2 is 1.56 bits per heavy atom. The number of carbonyl (C=O) groups excluding carboxylic acids is 2. The van der Waals surface area contributed by atoms with E-state index >= 15 is 0 Å².